The Labute approximate surface area is 135 Å². The van der Waals surface area contributed by atoms with E-state index in [1.165, 1.54) is 0 Å². The SMILES string of the molecule is Cc1cccc(C(=O)NCc2ccc(C#N)cc2NCCO)c1. The molecule has 0 radical (unpaired) electrons. The van der Waals surface area contributed by atoms with E-state index in [2.05, 4.69) is 16.7 Å². The van der Waals surface area contributed by atoms with Gasteiger partial charge in [0.1, 0.15) is 0 Å². The molecule has 2 aromatic rings. The van der Waals surface area contributed by atoms with Crippen molar-refractivity contribution in [2.75, 3.05) is 18.5 Å². The second-order valence-electron chi connectivity index (χ2n) is 5.19. The van der Waals surface area contributed by atoms with Gasteiger partial charge >= 0.3 is 0 Å². The average molecular weight is 309 g/mol. The minimum Gasteiger partial charge on any atom is -0.395 e. The Morgan fingerprint density at radius 2 is 2.09 bits per heavy atom. The van der Waals surface area contributed by atoms with Gasteiger partial charge in [-0.25, -0.2) is 0 Å². The summed E-state index contributed by atoms with van der Waals surface area (Å²) in [5, 5.41) is 23.8. The van der Waals surface area contributed by atoms with Crippen LogP contribution in [0.25, 0.3) is 0 Å². The summed E-state index contributed by atoms with van der Waals surface area (Å²) in [6, 6.07) is 14.7. The molecule has 0 aliphatic rings. The molecular weight excluding hydrogens is 290 g/mol. The number of carbonyl (C=O) groups excluding carboxylic acids is 1. The standard InChI is InChI=1S/C18H19N3O2/c1-13-3-2-4-15(9-13)18(23)21-12-16-6-5-14(11-19)10-17(16)20-7-8-22/h2-6,9-10,20,22H,7-8,12H2,1H3,(H,21,23). The van der Waals surface area contributed by atoms with E-state index in [0.29, 0.717) is 24.2 Å². The smallest absolute Gasteiger partial charge is 0.251 e. The highest BCUT2D eigenvalue weighted by Gasteiger charge is 2.08. The largest absolute Gasteiger partial charge is 0.395 e. The number of nitrogens with one attached hydrogen (secondary N) is 2. The van der Waals surface area contributed by atoms with Crippen LogP contribution in [0.5, 0.6) is 0 Å². The summed E-state index contributed by atoms with van der Waals surface area (Å²) in [4.78, 5) is 12.2. The number of rotatable bonds is 6. The van der Waals surface area contributed by atoms with E-state index in [0.717, 1.165) is 16.8 Å². The predicted octanol–water partition coefficient (Wildman–Crippen LogP) is 2.20. The number of nitriles is 1. The molecule has 0 saturated carbocycles. The lowest BCUT2D eigenvalue weighted by atomic mass is 10.1. The molecule has 2 rings (SSSR count). The van der Waals surface area contributed by atoms with E-state index >= 15 is 0 Å². The topological polar surface area (TPSA) is 85.2 Å². The monoisotopic (exact) mass is 309 g/mol. The molecule has 5 heteroatoms. The normalized spacial score (nSPS) is 9.96. The van der Waals surface area contributed by atoms with Gasteiger partial charge in [-0.05, 0) is 36.8 Å². The lowest BCUT2D eigenvalue weighted by molar-refractivity contribution is 0.0951. The molecule has 118 valence electrons. The molecule has 0 aliphatic carbocycles. The van der Waals surface area contributed by atoms with Crippen molar-refractivity contribution >= 4 is 11.6 Å². The van der Waals surface area contributed by atoms with Crippen molar-refractivity contribution in [2.45, 2.75) is 13.5 Å². The van der Waals surface area contributed by atoms with Crippen molar-refractivity contribution in [3.63, 3.8) is 0 Å². The van der Waals surface area contributed by atoms with Crippen molar-refractivity contribution in [3.05, 3.63) is 64.7 Å². The highest BCUT2D eigenvalue weighted by atomic mass is 16.3. The second kappa shape index (κ2) is 7.97. The van der Waals surface area contributed by atoms with E-state index in [1.54, 1.807) is 24.3 Å². The Hall–Kier alpha value is -2.84. The summed E-state index contributed by atoms with van der Waals surface area (Å²) in [7, 11) is 0. The number of amides is 1. The molecule has 0 heterocycles. The number of aliphatic hydroxyl groups excluding tert-OH is 1. The van der Waals surface area contributed by atoms with E-state index in [1.807, 2.05) is 25.1 Å². The van der Waals surface area contributed by atoms with E-state index in [4.69, 9.17) is 10.4 Å². The minimum atomic E-state index is -0.147. The Bertz CT molecular complexity index is 735. The Kier molecular flexibility index (Phi) is 5.73. The maximum Gasteiger partial charge on any atom is 0.251 e. The second-order valence-corrected chi connectivity index (χ2v) is 5.19. The molecule has 1 amide bonds. The molecule has 3 N–H and O–H groups in total. The third kappa shape index (κ3) is 4.56. The third-order valence-electron chi connectivity index (χ3n) is 3.39. The van der Waals surface area contributed by atoms with Gasteiger partial charge in [-0.15, -0.1) is 0 Å². The van der Waals surface area contributed by atoms with Crippen molar-refractivity contribution in [2.24, 2.45) is 0 Å². The van der Waals surface area contributed by atoms with Crippen LogP contribution in [0.1, 0.15) is 27.0 Å². The maximum absolute atomic E-state index is 12.2. The Morgan fingerprint density at radius 3 is 2.78 bits per heavy atom. The van der Waals surface area contributed by atoms with Crippen LogP contribution < -0.4 is 10.6 Å². The first kappa shape index (κ1) is 16.5. The molecule has 0 atom stereocenters. The molecule has 0 saturated heterocycles. The van der Waals surface area contributed by atoms with Crippen LogP contribution in [0.2, 0.25) is 0 Å². The summed E-state index contributed by atoms with van der Waals surface area (Å²) >= 11 is 0. The molecule has 23 heavy (non-hydrogen) atoms. The molecule has 0 unspecified atom stereocenters. The molecule has 2 aromatic carbocycles. The van der Waals surface area contributed by atoms with Gasteiger partial charge < -0.3 is 15.7 Å². The first-order valence-electron chi connectivity index (χ1n) is 7.36. The molecule has 0 aromatic heterocycles. The average Bonchev–Trinajstić information content (AvgIpc) is 2.58. The number of nitrogens with zero attached hydrogens (tertiary/aromatic N) is 1. The van der Waals surface area contributed by atoms with Gasteiger partial charge in [0.2, 0.25) is 0 Å². The minimum absolute atomic E-state index is 0.00806. The van der Waals surface area contributed by atoms with Gasteiger partial charge in [0.15, 0.2) is 0 Å². The van der Waals surface area contributed by atoms with Crippen LogP contribution in [-0.2, 0) is 6.54 Å². The third-order valence-corrected chi connectivity index (χ3v) is 3.39. The van der Waals surface area contributed by atoms with Gasteiger partial charge in [0, 0.05) is 24.3 Å². The summed E-state index contributed by atoms with van der Waals surface area (Å²) in [5.74, 6) is -0.147. The van der Waals surface area contributed by atoms with Gasteiger partial charge in [0.25, 0.3) is 5.91 Å². The zero-order valence-electron chi connectivity index (χ0n) is 13.0. The first-order chi connectivity index (χ1) is 11.1. The fourth-order valence-electron chi connectivity index (χ4n) is 2.22. The summed E-state index contributed by atoms with van der Waals surface area (Å²) in [6.07, 6.45) is 0. The van der Waals surface area contributed by atoms with Crippen LogP contribution in [0.4, 0.5) is 5.69 Å². The number of carbonyl (C=O) groups is 1. The highest BCUT2D eigenvalue weighted by molar-refractivity contribution is 5.94. The molecular formula is C18H19N3O2. The van der Waals surface area contributed by atoms with Crippen LogP contribution in [-0.4, -0.2) is 24.2 Å². The van der Waals surface area contributed by atoms with Crippen molar-refractivity contribution in [3.8, 4) is 6.07 Å². The summed E-state index contributed by atoms with van der Waals surface area (Å²) < 4.78 is 0. The van der Waals surface area contributed by atoms with E-state index in [-0.39, 0.29) is 12.5 Å². The van der Waals surface area contributed by atoms with E-state index in [9.17, 15) is 4.79 Å². The summed E-state index contributed by atoms with van der Waals surface area (Å²) in [5.41, 5.74) is 3.77. The molecule has 0 fully saturated rings. The number of hydrogen-bond acceptors (Lipinski definition) is 4. The zero-order chi connectivity index (χ0) is 16.7. The highest BCUT2D eigenvalue weighted by Crippen LogP contribution is 2.17. The fraction of sp³-hybridized carbons (Fsp3) is 0.222. The van der Waals surface area contributed by atoms with Crippen LogP contribution in [0.3, 0.4) is 0 Å². The van der Waals surface area contributed by atoms with Crippen molar-refractivity contribution in [1.82, 2.24) is 5.32 Å². The summed E-state index contributed by atoms with van der Waals surface area (Å²) in [6.45, 7) is 2.65. The number of aliphatic hydroxyl groups is 1. The number of anilines is 1. The first-order valence-corrected chi connectivity index (χ1v) is 7.36. The number of hydrogen-bond donors (Lipinski definition) is 3. The lowest BCUT2D eigenvalue weighted by Gasteiger charge is -2.13. The number of aryl methyl sites for hydroxylation is 1. The Morgan fingerprint density at radius 1 is 1.26 bits per heavy atom. The van der Waals surface area contributed by atoms with Gasteiger partial charge in [-0.2, -0.15) is 5.26 Å². The quantitative estimate of drug-likeness (QED) is 0.763. The maximum atomic E-state index is 12.2. The fourth-order valence-corrected chi connectivity index (χ4v) is 2.22. The van der Waals surface area contributed by atoms with Gasteiger partial charge in [-0.3, -0.25) is 4.79 Å². The van der Waals surface area contributed by atoms with Crippen molar-refractivity contribution < 1.29 is 9.90 Å². The molecule has 5 nitrogen and oxygen atoms in total. The van der Waals surface area contributed by atoms with E-state index < -0.39 is 0 Å². The van der Waals surface area contributed by atoms with Crippen LogP contribution in [0.15, 0.2) is 42.5 Å². The Balaban J connectivity index is 2.10. The number of benzene rings is 2. The van der Waals surface area contributed by atoms with Crippen molar-refractivity contribution in [1.29, 1.82) is 5.26 Å². The van der Waals surface area contributed by atoms with Crippen LogP contribution in [0, 0.1) is 18.3 Å². The predicted molar refractivity (Wildman–Crippen MR) is 89.1 cm³/mol. The van der Waals surface area contributed by atoms with Gasteiger partial charge in [0.05, 0.1) is 18.2 Å². The molecule has 0 spiro atoms. The van der Waals surface area contributed by atoms with Gasteiger partial charge in [-0.1, -0.05) is 23.8 Å². The zero-order valence-corrected chi connectivity index (χ0v) is 13.0. The molecule has 0 bridgehead atoms. The van der Waals surface area contributed by atoms with Crippen LogP contribution >= 0.6 is 0 Å². The molecule has 0 aliphatic heterocycles. The lowest BCUT2D eigenvalue weighted by Crippen LogP contribution is -2.23.